The summed E-state index contributed by atoms with van der Waals surface area (Å²) in [7, 11) is -1.58. The molecule has 7 nitrogen and oxygen atoms in total. The Hall–Kier alpha value is -1.22. The van der Waals surface area contributed by atoms with Crippen molar-refractivity contribution in [2.45, 2.75) is 0 Å². The van der Waals surface area contributed by atoms with Crippen molar-refractivity contribution >= 4 is 32.2 Å². The van der Waals surface area contributed by atoms with E-state index in [0.29, 0.717) is 0 Å². The second-order valence-electron chi connectivity index (χ2n) is 3.30. The average Bonchev–Trinajstić information content (AvgIpc) is 2.59. The Balaban J connectivity index is 2.61. The van der Waals surface area contributed by atoms with Crippen molar-refractivity contribution in [2.75, 3.05) is 31.3 Å². The molecule has 1 amide bonds. The smallest absolute Gasteiger partial charge is 0.284 e. The maximum atomic E-state index is 11.7. The standard InChI is InChI=1S/C7H12N4O3S2/c1-11(3-4-16(2,13)14)6(12)5-9-10-7(8)15-5/h3-4H2,1-2H3,(H2,8,10). The van der Waals surface area contributed by atoms with Crippen molar-refractivity contribution in [1.29, 1.82) is 0 Å². The Morgan fingerprint density at radius 3 is 2.56 bits per heavy atom. The van der Waals surface area contributed by atoms with E-state index in [1.807, 2.05) is 0 Å². The Kier molecular flexibility index (Phi) is 3.81. The molecule has 9 heteroatoms. The minimum atomic E-state index is -3.08. The number of nitrogens with zero attached hydrogens (tertiary/aromatic N) is 3. The molecule has 0 radical (unpaired) electrons. The molecule has 1 heterocycles. The second kappa shape index (κ2) is 4.74. The molecule has 0 saturated heterocycles. The molecule has 1 aromatic heterocycles. The first kappa shape index (κ1) is 12.8. The summed E-state index contributed by atoms with van der Waals surface area (Å²) in [6, 6.07) is 0. The minimum absolute atomic E-state index is 0.0798. The van der Waals surface area contributed by atoms with Gasteiger partial charge in [0.15, 0.2) is 0 Å². The minimum Gasteiger partial charge on any atom is -0.374 e. The maximum Gasteiger partial charge on any atom is 0.284 e. The van der Waals surface area contributed by atoms with Crippen LogP contribution in [0.1, 0.15) is 9.80 Å². The molecule has 0 bridgehead atoms. The second-order valence-corrected chi connectivity index (χ2v) is 6.57. The third kappa shape index (κ3) is 3.74. The van der Waals surface area contributed by atoms with E-state index in [9.17, 15) is 13.2 Å². The summed E-state index contributed by atoms with van der Waals surface area (Å²) < 4.78 is 21.8. The van der Waals surface area contributed by atoms with E-state index in [4.69, 9.17) is 5.73 Å². The Morgan fingerprint density at radius 1 is 1.50 bits per heavy atom. The highest BCUT2D eigenvalue weighted by molar-refractivity contribution is 7.90. The largest absolute Gasteiger partial charge is 0.374 e. The molecular weight excluding hydrogens is 252 g/mol. The van der Waals surface area contributed by atoms with Crippen LogP contribution in [-0.4, -0.2) is 55.0 Å². The predicted octanol–water partition coefficient (Wildman–Crippen LogP) is -0.763. The molecule has 90 valence electrons. The van der Waals surface area contributed by atoms with E-state index in [2.05, 4.69) is 10.2 Å². The van der Waals surface area contributed by atoms with Crippen molar-refractivity contribution in [3.63, 3.8) is 0 Å². The van der Waals surface area contributed by atoms with E-state index in [-0.39, 0.29) is 28.3 Å². The van der Waals surface area contributed by atoms with Crippen LogP contribution < -0.4 is 5.73 Å². The predicted molar refractivity (Wildman–Crippen MR) is 61.0 cm³/mol. The highest BCUT2D eigenvalue weighted by Crippen LogP contribution is 2.12. The number of anilines is 1. The quantitative estimate of drug-likeness (QED) is 0.766. The number of nitrogen functional groups attached to an aromatic ring is 1. The summed E-state index contributed by atoms with van der Waals surface area (Å²) in [5, 5.41) is 7.46. The number of hydrogen-bond acceptors (Lipinski definition) is 7. The van der Waals surface area contributed by atoms with Gasteiger partial charge in [0.1, 0.15) is 9.84 Å². The number of aromatic nitrogens is 2. The van der Waals surface area contributed by atoms with Gasteiger partial charge in [-0.2, -0.15) is 0 Å². The summed E-state index contributed by atoms with van der Waals surface area (Å²) >= 11 is 0.972. The van der Waals surface area contributed by atoms with Gasteiger partial charge >= 0.3 is 0 Å². The molecule has 0 aliphatic rings. The highest BCUT2D eigenvalue weighted by Gasteiger charge is 2.17. The summed E-state index contributed by atoms with van der Waals surface area (Å²) in [6.45, 7) is 0.122. The van der Waals surface area contributed by atoms with Crippen molar-refractivity contribution in [3.05, 3.63) is 5.01 Å². The van der Waals surface area contributed by atoms with Gasteiger partial charge in [-0.05, 0) is 0 Å². The zero-order valence-electron chi connectivity index (χ0n) is 8.87. The van der Waals surface area contributed by atoms with E-state index >= 15 is 0 Å². The third-order valence-electron chi connectivity index (χ3n) is 1.77. The van der Waals surface area contributed by atoms with Crippen LogP contribution in [0.2, 0.25) is 0 Å². The molecule has 0 aromatic carbocycles. The molecule has 16 heavy (non-hydrogen) atoms. The number of amides is 1. The molecule has 0 spiro atoms. The fourth-order valence-electron chi connectivity index (χ4n) is 0.889. The molecule has 0 aliphatic heterocycles. The van der Waals surface area contributed by atoms with E-state index < -0.39 is 9.84 Å². The molecular formula is C7H12N4O3S2. The zero-order chi connectivity index (χ0) is 12.3. The van der Waals surface area contributed by atoms with Crippen molar-refractivity contribution in [2.24, 2.45) is 0 Å². The van der Waals surface area contributed by atoms with Crippen LogP contribution in [0.25, 0.3) is 0 Å². The van der Waals surface area contributed by atoms with Gasteiger partial charge in [-0.25, -0.2) is 8.42 Å². The monoisotopic (exact) mass is 264 g/mol. The van der Waals surface area contributed by atoms with Gasteiger partial charge in [-0.3, -0.25) is 4.79 Å². The van der Waals surface area contributed by atoms with Crippen LogP contribution in [-0.2, 0) is 9.84 Å². The molecule has 1 rings (SSSR count). The lowest BCUT2D eigenvalue weighted by Gasteiger charge is -2.14. The number of carbonyl (C=O) groups excluding carboxylic acids is 1. The lowest BCUT2D eigenvalue weighted by Crippen LogP contribution is -2.31. The summed E-state index contributed by atoms with van der Waals surface area (Å²) in [6.07, 6.45) is 1.12. The normalized spacial score (nSPS) is 11.4. The van der Waals surface area contributed by atoms with Gasteiger partial charge in [0.05, 0.1) is 5.75 Å². The molecule has 2 N–H and O–H groups in total. The summed E-state index contributed by atoms with van der Waals surface area (Å²) in [4.78, 5) is 12.9. The van der Waals surface area contributed by atoms with Crippen molar-refractivity contribution in [1.82, 2.24) is 15.1 Å². The first-order chi connectivity index (χ1) is 7.29. The van der Waals surface area contributed by atoms with Crippen LogP contribution in [0.15, 0.2) is 0 Å². The number of rotatable bonds is 4. The molecule has 0 aliphatic carbocycles. The van der Waals surface area contributed by atoms with Crippen LogP contribution in [0.4, 0.5) is 5.13 Å². The van der Waals surface area contributed by atoms with Crippen LogP contribution in [0.3, 0.4) is 0 Å². The van der Waals surface area contributed by atoms with Gasteiger partial charge in [0.25, 0.3) is 5.91 Å². The Morgan fingerprint density at radius 2 is 2.12 bits per heavy atom. The number of hydrogen-bond donors (Lipinski definition) is 1. The first-order valence-electron chi connectivity index (χ1n) is 4.32. The fraction of sp³-hybridized carbons (Fsp3) is 0.571. The van der Waals surface area contributed by atoms with Crippen LogP contribution >= 0.6 is 11.3 Å². The van der Waals surface area contributed by atoms with E-state index in [1.165, 1.54) is 11.9 Å². The molecule has 0 atom stereocenters. The van der Waals surface area contributed by atoms with Gasteiger partial charge in [-0.15, -0.1) is 10.2 Å². The highest BCUT2D eigenvalue weighted by atomic mass is 32.2. The topological polar surface area (TPSA) is 106 Å². The fourth-order valence-corrected chi connectivity index (χ4v) is 2.10. The summed E-state index contributed by atoms with van der Waals surface area (Å²) in [5.41, 5.74) is 5.34. The lowest BCUT2D eigenvalue weighted by molar-refractivity contribution is 0.0802. The molecule has 0 fully saturated rings. The maximum absolute atomic E-state index is 11.7. The summed E-state index contributed by atoms with van der Waals surface area (Å²) in [5.74, 6) is -0.457. The van der Waals surface area contributed by atoms with Gasteiger partial charge < -0.3 is 10.6 Å². The molecule has 0 saturated carbocycles. The number of carbonyl (C=O) groups is 1. The third-order valence-corrected chi connectivity index (χ3v) is 3.43. The van der Waals surface area contributed by atoms with E-state index in [1.54, 1.807) is 0 Å². The molecule has 1 aromatic rings. The van der Waals surface area contributed by atoms with Crippen LogP contribution in [0.5, 0.6) is 0 Å². The Bertz CT molecular complexity index is 482. The number of sulfone groups is 1. The van der Waals surface area contributed by atoms with Crippen molar-refractivity contribution < 1.29 is 13.2 Å². The lowest BCUT2D eigenvalue weighted by atomic mass is 10.5. The number of nitrogens with two attached hydrogens (primary N) is 1. The first-order valence-corrected chi connectivity index (χ1v) is 7.19. The zero-order valence-corrected chi connectivity index (χ0v) is 10.5. The van der Waals surface area contributed by atoms with Crippen LogP contribution in [0, 0.1) is 0 Å². The Labute approximate surface area is 97.2 Å². The average molecular weight is 264 g/mol. The van der Waals surface area contributed by atoms with E-state index in [0.717, 1.165) is 17.6 Å². The SMILES string of the molecule is CN(CCS(C)(=O)=O)C(=O)c1nnc(N)s1. The molecule has 0 unspecified atom stereocenters. The van der Waals surface area contributed by atoms with Gasteiger partial charge in [0.2, 0.25) is 10.1 Å². The van der Waals surface area contributed by atoms with Gasteiger partial charge in [-0.1, -0.05) is 11.3 Å². The van der Waals surface area contributed by atoms with Crippen molar-refractivity contribution in [3.8, 4) is 0 Å². The van der Waals surface area contributed by atoms with Gasteiger partial charge in [0, 0.05) is 19.8 Å².